The third-order valence-corrected chi connectivity index (χ3v) is 15.8. The Balaban J connectivity index is 0.652. The fourth-order valence-electron chi connectivity index (χ4n) is 10.4. The van der Waals surface area contributed by atoms with Crippen molar-refractivity contribution < 1.29 is 33.3 Å². The summed E-state index contributed by atoms with van der Waals surface area (Å²) in [7, 11) is 1.72. The zero-order valence-corrected chi connectivity index (χ0v) is 42.0. The molecule has 0 bridgehead atoms. The highest BCUT2D eigenvalue weighted by Gasteiger charge is 2.42. The van der Waals surface area contributed by atoms with E-state index >= 15 is 0 Å². The highest BCUT2D eigenvalue weighted by atomic mass is 32.2. The standard InChI is InChI=1S/C50H79N11O7S/c1-64-43-33-40-41(34-44(43)68-26-10-22-59-19-7-8-20-59)53-48(37-11-3-2-4-12-37)56-49(40)52-38-16-23-60(24-17-38)21-9-13-39-35-61(58-57-39)25-28-66-30-32-67-31-29-65-27-18-51-46(62)15-6-5-14-45-47-42(36-69-45)54-50(63)55-47/h33-35,37-38,42,45,47H,2-32,36H2,1H3,(H,51,62)(H,52,53,56)(H2,54,55,63)/t42-,45-,47-/m1/s1. The van der Waals surface area contributed by atoms with E-state index in [9.17, 15) is 9.59 Å². The Hall–Kier alpha value is -4.01. The van der Waals surface area contributed by atoms with Crippen LogP contribution in [-0.2, 0) is 32.0 Å². The van der Waals surface area contributed by atoms with Crippen molar-refractivity contribution in [3.8, 4) is 11.5 Å². The number of anilines is 1. The van der Waals surface area contributed by atoms with E-state index in [1.165, 1.54) is 45.2 Å². The first-order chi connectivity index (χ1) is 34.0. The number of amides is 3. The minimum atomic E-state index is -0.0559. The number of ether oxygens (including phenoxy) is 5. The van der Waals surface area contributed by atoms with Crippen molar-refractivity contribution >= 4 is 40.4 Å². The lowest BCUT2D eigenvalue weighted by atomic mass is 9.88. The van der Waals surface area contributed by atoms with Gasteiger partial charge in [-0.15, -0.1) is 5.10 Å². The maximum absolute atomic E-state index is 12.2. The van der Waals surface area contributed by atoms with Gasteiger partial charge < -0.3 is 54.8 Å². The second kappa shape index (κ2) is 27.6. The molecule has 2 aromatic heterocycles. The first-order valence-electron chi connectivity index (χ1n) is 26.3. The zero-order valence-electron chi connectivity index (χ0n) is 41.1. The molecular formula is C50H79N11O7S. The van der Waals surface area contributed by atoms with Gasteiger partial charge in [-0.1, -0.05) is 30.9 Å². The van der Waals surface area contributed by atoms with Gasteiger partial charge in [-0.2, -0.15) is 11.8 Å². The summed E-state index contributed by atoms with van der Waals surface area (Å²) >= 11 is 1.91. The van der Waals surface area contributed by atoms with Gasteiger partial charge in [-0.3, -0.25) is 4.79 Å². The Morgan fingerprint density at radius 3 is 2.38 bits per heavy atom. The Kier molecular flexibility index (Phi) is 20.5. The highest BCUT2D eigenvalue weighted by molar-refractivity contribution is 8.00. The number of carbonyl (C=O) groups excluding carboxylic acids is 2. The summed E-state index contributed by atoms with van der Waals surface area (Å²) in [5.41, 5.74) is 1.94. The van der Waals surface area contributed by atoms with Crippen LogP contribution in [0.4, 0.5) is 10.6 Å². The Morgan fingerprint density at radius 2 is 1.57 bits per heavy atom. The number of aryl methyl sites for hydroxylation is 1. The van der Waals surface area contributed by atoms with Crippen molar-refractivity contribution in [1.29, 1.82) is 0 Å². The second-order valence-corrected chi connectivity index (χ2v) is 20.7. The van der Waals surface area contributed by atoms with E-state index < -0.39 is 0 Å². The van der Waals surface area contributed by atoms with Gasteiger partial charge in [0.15, 0.2) is 11.5 Å². The Labute approximate surface area is 413 Å². The average Bonchev–Trinajstić information content (AvgIpc) is 4.20. The van der Waals surface area contributed by atoms with Gasteiger partial charge in [0, 0.05) is 73.2 Å². The van der Waals surface area contributed by atoms with Crippen LogP contribution in [0.3, 0.4) is 0 Å². The van der Waals surface area contributed by atoms with Gasteiger partial charge in [0.25, 0.3) is 0 Å². The SMILES string of the molecule is COc1cc2c(NC3CCN(CCCc4cn(CCOCCOCCOCCNC(=O)CCCC[C@H]5SC[C@H]6NC(=O)N[C@H]65)nn4)CC3)nc(C3CCCCC3)nc2cc1OCCCN1CCCC1. The lowest BCUT2D eigenvalue weighted by Gasteiger charge is -2.33. The summed E-state index contributed by atoms with van der Waals surface area (Å²) in [6.07, 6.45) is 19.1. The minimum Gasteiger partial charge on any atom is -0.493 e. The minimum absolute atomic E-state index is 0.0518. The molecule has 3 amide bonds. The van der Waals surface area contributed by atoms with Crippen molar-refractivity contribution in [3.05, 3.63) is 29.8 Å². The summed E-state index contributed by atoms with van der Waals surface area (Å²) in [6.45, 7) is 11.3. The monoisotopic (exact) mass is 978 g/mol. The number of carbonyl (C=O) groups is 2. The lowest BCUT2D eigenvalue weighted by molar-refractivity contribution is -0.121. The van der Waals surface area contributed by atoms with E-state index in [0.29, 0.717) is 83.0 Å². The number of nitrogens with one attached hydrogen (secondary N) is 4. The van der Waals surface area contributed by atoms with Crippen LogP contribution in [0.2, 0.25) is 0 Å². The number of nitrogens with zero attached hydrogens (tertiary/aromatic N) is 7. The number of unbranched alkanes of at least 4 members (excludes halogenated alkanes) is 1. The molecule has 5 fully saturated rings. The van der Waals surface area contributed by atoms with Crippen LogP contribution in [-0.4, -0.2) is 175 Å². The van der Waals surface area contributed by atoms with Crippen LogP contribution >= 0.6 is 11.8 Å². The number of thioether (sulfide) groups is 1. The summed E-state index contributed by atoms with van der Waals surface area (Å²) in [4.78, 5) is 39.2. The van der Waals surface area contributed by atoms with E-state index in [4.69, 9.17) is 33.7 Å². The van der Waals surface area contributed by atoms with Crippen molar-refractivity contribution in [2.45, 2.75) is 139 Å². The molecule has 69 heavy (non-hydrogen) atoms. The van der Waals surface area contributed by atoms with Crippen LogP contribution < -0.4 is 30.7 Å². The van der Waals surface area contributed by atoms with Gasteiger partial charge in [-0.25, -0.2) is 19.4 Å². The van der Waals surface area contributed by atoms with Crippen molar-refractivity contribution in [3.63, 3.8) is 0 Å². The normalized spacial score (nSPS) is 21.4. The molecule has 4 N–H and O–H groups in total. The smallest absolute Gasteiger partial charge is 0.315 e. The topological polar surface area (TPSA) is 191 Å². The van der Waals surface area contributed by atoms with Gasteiger partial charge in [-0.05, 0) is 96.3 Å². The van der Waals surface area contributed by atoms with E-state index in [1.54, 1.807) is 7.11 Å². The number of fused-ring (bicyclic) bond motifs is 2. The molecule has 3 atom stereocenters. The van der Waals surface area contributed by atoms with Crippen LogP contribution in [0.15, 0.2) is 18.3 Å². The summed E-state index contributed by atoms with van der Waals surface area (Å²) < 4.78 is 31.1. The third kappa shape index (κ3) is 16.0. The predicted octanol–water partition coefficient (Wildman–Crippen LogP) is 5.54. The molecule has 6 heterocycles. The van der Waals surface area contributed by atoms with Crippen LogP contribution in [0.25, 0.3) is 10.9 Å². The molecule has 0 unspecified atom stereocenters. The maximum atomic E-state index is 12.2. The van der Waals surface area contributed by atoms with Crippen molar-refractivity contribution in [2.24, 2.45) is 0 Å². The molecule has 1 aromatic carbocycles. The molecule has 5 aliphatic rings. The van der Waals surface area contributed by atoms with Crippen molar-refractivity contribution in [1.82, 2.24) is 50.7 Å². The molecule has 8 rings (SSSR count). The van der Waals surface area contributed by atoms with E-state index in [1.807, 2.05) is 22.6 Å². The van der Waals surface area contributed by atoms with E-state index in [-0.39, 0.29) is 24.0 Å². The molecule has 4 saturated heterocycles. The zero-order chi connectivity index (χ0) is 47.5. The number of likely N-dealkylation sites (tertiary alicyclic amines) is 2. The Bertz CT molecular complexity index is 2030. The van der Waals surface area contributed by atoms with Crippen LogP contribution in [0.1, 0.15) is 114 Å². The van der Waals surface area contributed by atoms with E-state index in [0.717, 1.165) is 136 Å². The lowest BCUT2D eigenvalue weighted by Crippen LogP contribution is -2.39. The molecule has 18 nitrogen and oxygen atoms in total. The van der Waals surface area contributed by atoms with Gasteiger partial charge in [0.05, 0.1) is 83.2 Å². The van der Waals surface area contributed by atoms with E-state index in [2.05, 4.69) is 53.5 Å². The molecule has 19 heteroatoms. The largest absolute Gasteiger partial charge is 0.493 e. The molecule has 1 aliphatic carbocycles. The predicted molar refractivity (Wildman–Crippen MR) is 269 cm³/mol. The van der Waals surface area contributed by atoms with Gasteiger partial charge in [0.1, 0.15) is 11.6 Å². The molecule has 382 valence electrons. The van der Waals surface area contributed by atoms with Gasteiger partial charge in [0.2, 0.25) is 5.91 Å². The molecule has 0 radical (unpaired) electrons. The number of piperidine rings is 1. The quantitative estimate of drug-likeness (QED) is 0.0481. The number of urea groups is 1. The molecule has 1 saturated carbocycles. The van der Waals surface area contributed by atoms with Crippen LogP contribution in [0, 0.1) is 0 Å². The first kappa shape index (κ1) is 51.3. The summed E-state index contributed by atoms with van der Waals surface area (Å²) in [6, 6.07) is 4.91. The molecule has 3 aromatic rings. The first-order valence-corrected chi connectivity index (χ1v) is 27.3. The number of benzene rings is 1. The summed E-state index contributed by atoms with van der Waals surface area (Å²) in [5, 5.41) is 23.0. The van der Waals surface area contributed by atoms with Crippen LogP contribution in [0.5, 0.6) is 11.5 Å². The number of methoxy groups -OCH3 is 1. The Morgan fingerprint density at radius 1 is 0.797 bits per heavy atom. The molecular weight excluding hydrogens is 899 g/mol. The summed E-state index contributed by atoms with van der Waals surface area (Å²) in [5.74, 6) is 4.80. The fraction of sp³-hybridized carbons (Fsp3) is 0.760. The highest BCUT2D eigenvalue weighted by Crippen LogP contribution is 2.38. The maximum Gasteiger partial charge on any atom is 0.315 e. The number of hydrogen-bond acceptors (Lipinski definition) is 15. The third-order valence-electron chi connectivity index (χ3n) is 14.3. The second-order valence-electron chi connectivity index (χ2n) is 19.4. The molecule has 4 aliphatic heterocycles. The molecule has 0 spiro atoms. The number of hydrogen-bond donors (Lipinski definition) is 4. The fourth-order valence-corrected chi connectivity index (χ4v) is 12.0. The van der Waals surface area contributed by atoms with Crippen molar-refractivity contribution in [2.75, 3.05) is 110 Å². The average molecular weight is 978 g/mol. The van der Waals surface area contributed by atoms with Gasteiger partial charge >= 0.3 is 6.03 Å². The number of rotatable bonds is 30. The number of aromatic nitrogens is 5.